The van der Waals surface area contributed by atoms with Crippen LogP contribution in [-0.4, -0.2) is 15.4 Å². The van der Waals surface area contributed by atoms with Crippen LogP contribution in [0, 0.1) is 0 Å². The van der Waals surface area contributed by atoms with Crippen LogP contribution in [0.4, 0.5) is 5.69 Å². The van der Waals surface area contributed by atoms with Gasteiger partial charge in [0.1, 0.15) is 0 Å². The van der Waals surface area contributed by atoms with E-state index in [-0.39, 0.29) is 0 Å². The van der Waals surface area contributed by atoms with Crippen molar-refractivity contribution < 1.29 is 4.52 Å². The highest BCUT2D eigenvalue weighted by Gasteiger charge is 2.16. The lowest BCUT2D eigenvalue weighted by Gasteiger charge is -2.05. The molecule has 1 aromatic heterocycles. The first-order valence-electron chi connectivity index (χ1n) is 7.22. The summed E-state index contributed by atoms with van der Waals surface area (Å²) in [6, 6.07) is 7.58. The third-order valence-corrected chi connectivity index (χ3v) is 5.13. The Morgan fingerprint density at radius 1 is 1.33 bits per heavy atom. The zero-order valence-corrected chi connectivity index (χ0v) is 13.3. The number of rotatable bonds is 6. The fourth-order valence-electron chi connectivity index (χ4n) is 2.44. The third kappa shape index (κ3) is 4.38. The molecule has 1 aliphatic carbocycles. The molecular formula is C15H18ClN3OS. The molecule has 0 unspecified atom stereocenters. The van der Waals surface area contributed by atoms with Crippen LogP contribution in [0.3, 0.4) is 0 Å². The molecule has 1 heterocycles. The van der Waals surface area contributed by atoms with Gasteiger partial charge in [0.25, 0.3) is 0 Å². The number of anilines is 1. The number of hydrogen-bond donors (Lipinski definition) is 1. The largest absolute Gasteiger partial charge is 0.376 e. The number of thioether (sulfide) groups is 1. The van der Waals surface area contributed by atoms with Crippen LogP contribution < -0.4 is 5.32 Å². The van der Waals surface area contributed by atoms with Crippen LogP contribution in [0.15, 0.2) is 28.8 Å². The van der Waals surface area contributed by atoms with Gasteiger partial charge in [-0.2, -0.15) is 16.7 Å². The molecule has 0 spiro atoms. The Labute approximate surface area is 133 Å². The highest BCUT2D eigenvalue weighted by molar-refractivity contribution is 7.99. The quantitative estimate of drug-likeness (QED) is 0.847. The SMILES string of the molecule is Clc1cccc(NCc2nc(CSC3CCCC3)no2)c1. The van der Waals surface area contributed by atoms with Crippen molar-refractivity contribution in [3.8, 4) is 0 Å². The molecule has 3 rings (SSSR count). The molecule has 0 bridgehead atoms. The summed E-state index contributed by atoms with van der Waals surface area (Å²) in [5.74, 6) is 2.23. The number of nitrogens with zero attached hydrogens (tertiary/aromatic N) is 2. The van der Waals surface area contributed by atoms with E-state index in [1.807, 2.05) is 36.0 Å². The van der Waals surface area contributed by atoms with Gasteiger partial charge in [-0.1, -0.05) is 35.7 Å². The summed E-state index contributed by atoms with van der Waals surface area (Å²) in [6.45, 7) is 0.515. The predicted molar refractivity (Wildman–Crippen MR) is 86.6 cm³/mol. The monoisotopic (exact) mass is 323 g/mol. The van der Waals surface area contributed by atoms with Gasteiger partial charge in [-0.3, -0.25) is 0 Å². The molecule has 0 aliphatic heterocycles. The van der Waals surface area contributed by atoms with Crippen LogP contribution in [-0.2, 0) is 12.3 Å². The van der Waals surface area contributed by atoms with Gasteiger partial charge < -0.3 is 9.84 Å². The number of benzene rings is 1. The minimum atomic E-state index is 0.515. The molecule has 1 N–H and O–H groups in total. The maximum absolute atomic E-state index is 5.94. The molecule has 0 atom stereocenters. The molecule has 1 aromatic carbocycles. The van der Waals surface area contributed by atoms with E-state index in [2.05, 4.69) is 15.5 Å². The Kier molecular flexibility index (Phi) is 5.04. The summed E-state index contributed by atoms with van der Waals surface area (Å²) >= 11 is 7.88. The van der Waals surface area contributed by atoms with Crippen molar-refractivity contribution in [1.29, 1.82) is 0 Å². The second-order valence-electron chi connectivity index (χ2n) is 5.19. The summed E-state index contributed by atoms with van der Waals surface area (Å²) < 4.78 is 5.26. The fourth-order valence-corrected chi connectivity index (χ4v) is 3.80. The van der Waals surface area contributed by atoms with E-state index in [4.69, 9.17) is 16.1 Å². The van der Waals surface area contributed by atoms with Gasteiger partial charge in [-0.25, -0.2) is 0 Å². The highest BCUT2D eigenvalue weighted by Crippen LogP contribution is 2.31. The van der Waals surface area contributed by atoms with Crippen molar-refractivity contribution in [1.82, 2.24) is 10.1 Å². The number of aromatic nitrogens is 2. The standard InChI is InChI=1S/C15H18ClN3OS/c16-11-4-3-5-12(8-11)17-9-15-18-14(19-20-15)10-21-13-6-1-2-7-13/h3-5,8,13,17H,1-2,6-7,9-10H2. The normalized spacial score (nSPS) is 15.5. The second-order valence-corrected chi connectivity index (χ2v) is 6.91. The minimum absolute atomic E-state index is 0.515. The van der Waals surface area contributed by atoms with Crippen molar-refractivity contribution in [2.24, 2.45) is 0 Å². The second kappa shape index (κ2) is 7.18. The molecule has 21 heavy (non-hydrogen) atoms. The number of nitrogens with one attached hydrogen (secondary N) is 1. The molecule has 6 heteroatoms. The van der Waals surface area contributed by atoms with Gasteiger partial charge in [0.15, 0.2) is 5.82 Å². The van der Waals surface area contributed by atoms with Gasteiger partial charge in [-0.05, 0) is 31.0 Å². The Morgan fingerprint density at radius 3 is 3.00 bits per heavy atom. The van der Waals surface area contributed by atoms with Crippen molar-refractivity contribution in [2.45, 2.75) is 43.2 Å². The van der Waals surface area contributed by atoms with E-state index >= 15 is 0 Å². The average molecular weight is 324 g/mol. The van der Waals surface area contributed by atoms with Crippen LogP contribution in [0.1, 0.15) is 37.4 Å². The lowest BCUT2D eigenvalue weighted by atomic mass is 10.3. The fraction of sp³-hybridized carbons (Fsp3) is 0.467. The van der Waals surface area contributed by atoms with Crippen molar-refractivity contribution in [3.05, 3.63) is 41.0 Å². The van der Waals surface area contributed by atoms with Gasteiger partial charge in [-0.15, -0.1) is 0 Å². The van der Waals surface area contributed by atoms with Gasteiger partial charge in [0.2, 0.25) is 5.89 Å². The summed E-state index contributed by atoms with van der Waals surface area (Å²) in [5.41, 5.74) is 0.947. The predicted octanol–water partition coefficient (Wildman–Crippen LogP) is 4.51. The molecule has 112 valence electrons. The first-order chi connectivity index (χ1) is 10.3. The van der Waals surface area contributed by atoms with E-state index in [1.165, 1.54) is 25.7 Å². The van der Waals surface area contributed by atoms with Gasteiger partial charge >= 0.3 is 0 Å². The van der Waals surface area contributed by atoms with Gasteiger partial charge in [0, 0.05) is 16.0 Å². The smallest absolute Gasteiger partial charge is 0.245 e. The molecular weight excluding hydrogens is 306 g/mol. The molecule has 4 nitrogen and oxygen atoms in total. The summed E-state index contributed by atoms with van der Waals surface area (Å²) in [4.78, 5) is 4.41. The Balaban J connectivity index is 1.48. The van der Waals surface area contributed by atoms with E-state index < -0.39 is 0 Å². The van der Waals surface area contributed by atoms with Crippen LogP contribution in [0.5, 0.6) is 0 Å². The third-order valence-electron chi connectivity index (χ3n) is 3.53. The molecule has 1 aliphatic rings. The molecule has 1 fully saturated rings. The van der Waals surface area contributed by atoms with Crippen LogP contribution in [0.25, 0.3) is 0 Å². The summed E-state index contributed by atoms with van der Waals surface area (Å²) in [6.07, 6.45) is 5.37. The van der Waals surface area contributed by atoms with Crippen LogP contribution in [0.2, 0.25) is 5.02 Å². The minimum Gasteiger partial charge on any atom is -0.376 e. The molecule has 0 amide bonds. The summed E-state index contributed by atoms with van der Waals surface area (Å²) in [5, 5.41) is 8.74. The molecule has 1 saturated carbocycles. The van der Waals surface area contributed by atoms with Crippen molar-refractivity contribution in [2.75, 3.05) is 5.32 Å². The highest BCUT2D eigenvalue weighted by atomic mass is 35.5. The van der Waals surface area contributed by atoms with Crippen LogP contribution >= 0.6 is 23.4 Å². The van der Waals surface area contributed by atoms with E-state index in [1.54, 1.807) is 0 Å². The zero-order chi connectivity index (χ0) is 14.5. The Hall–Kier alpha value is -1.20. The Bertz CT molecular complexity index is 584. The van der Waals surface area contributed by atoms with E-state index in [0.29, 0.717) is 17.5 Å². The average Bonchev–Trinajstić information content (AvgIpc) is 3.15. The maximum Gasteiger partial charge on any atom is 0.245 e. The number of hydrogen-bond acceptors (Lipinski definition) is 5. The number of halogens is 1. The lowest BCUT2D eigenvalue weighted by molar-refractivity contribution is 0.379. The van der Waals surface area contributed by atoms with Gasteiger partial charge in [0.05, 0.1) is 12.3 Å². The van der Waals surface area contributed by atoms with E-state index in [0.717, 1.165) is 22.5 Å². The first kappa shape index (κ1) is 14.7. The van der Waals surface area contributed by atoms with E-state index in [9.17, 15) is 0 Å². The maximum atomic E-state index is 5.94. The lowest BCUT2D eigenvalue weighted by Crippen LogP contribution is -2.00. The molecule has 0 radical (unpaired) electrons. The van der Waals surface area contributed by atoms with Crippen molar-refractivity contribution in [3.63, 3.8) is 0 Å². The molecule has 0 saturated heterocycles. The molecule has 2 aromatic rings. The zero-order valence-electron chi connectivity index (χ0n) is 11.7. The first-order valence-corrected chi connectivity index (χ1v) is 8.65. The topological polar surface area (TPSA) is 51.0 Å². The van der Waals surface area contributed by atoms with Crippen molar-refractivity contribution >= 4 is 29.1 Å². The Morgan fingerprint density at radius 2 is 2.19 bits per heavy atom. The summed E-state index contributed by atoms with van der Waals surface area (Å²) in [7, 11) is 0.